The average Bonchev–Trinajstić information content (AvgIpc) is 2.67. The molecule has 3 rings (SSSR count). The van der Waals surface area contributed by atoms with Gasteiger partial charge in [0.1, 0.15) is 18.2 Å². The highest BCUT2D eigenvalue weighted by Gasteiger charge is 2.03. The van der Waals surface area contributed by atoms with Gasteiger partial charge in [0.05, 0.1) is 0 Å². The summed E-state index contributed by atoms with van der Waals surface area (Å²) in [4.78, 5) is 8.80. The van der Waals surface area contributed by atoms with Crippen LogP contribution in [0.3, 0.4) is 0 Å². The first-order valence-corrected chi connectivity index (χ1v) is 8.95. The molecule has 0 spiro atoms. The SMILES string of the molecule is C=CCNc1nc(C)cc(Nc2ccc(OCc3ccc(Cl)cc3)cc2)n1. The van der Waals surface area contributed by atoms with Gasteiger partial charge in [-0.15, -0.1) is 6.58 Å². The zero-order valence-electron chi connectivity index (χ0n) is 15.1. The summed E-state index contributed by atoms with van der Waals surface area (Å²) in [5, 5.41) is 7.10. The first-order chi connectivity index (χ1) is 13.1. The molecule has 0 fully saturated rings. The van der Waals surface area contributed by atoms with Gasteiger partial charge in [-0.05, 0) is 48.9 Å². The first kappa shape index (κ1) is 18.7. The molecule has 0 aliphatic heterocycles. The van der Waals surface area contributed by atoms with E-state index in [0.717, 1.165) is 33.5 Å². The quantitative estimate of drug-likeness (QED) is 0.515. The summed E-state index contributed by atoms with van der Waals surface area (Å²) in [5.74, 6) is 2.09. The molecule has 0 aliphatic rings. The molecule has 0 amide bonds. The smallest absolute Gasteiger partial charge is 0.225 e. The van der Waals surface area contributed by atoms with Gasteiger partial charge in [-0.1, -0.05) is 29.8 Å². The van der Waals surface area contributed by atoms with Crippen LogP contribution in [0.1, 0.15) is 11.3 Å². The lowest BCUT2D eigenvalue weighted by Gasteiger charge is -2.10. The van der Waals surface area contributed by atoms with Gasteiger partial charge in [0, 0.05) is 29.0 Å². The maximum atomic E-state index is 5.89. The number of aromatic nitrogens is 2. The predicted molar refractivity (Wildman–Crippen MR) is 111 cm³/mol. The van der Waals surface area contributed by atoms with Gasteiger partial charge in [0.25, 0.3) is 0 Å². The Bertz CT molecular complexity index is 895. The molecule has 27 heavy (non-hydrogen) atoms. The van der Waals surface area contributed by atoms with Crippen molar-refractivity contribution in [3.8, 4) is 5.75 Å². The fourth-order valence-electron chi connectivity index (χ4n) is 2.40. The van der Waals surface area contributed by atoms with E-state index in [1.807, 2.05) is 61.5 Å². The summed E-state index contributed by atoms with van der Waals surface area (Å²) in [6.45, 7) is 6.72. The molecule has 0 aliphatic carbocycles. The maximum absolute atomic E-state index is 5.89. The van der Waals surface area contributed by atoms with E-state index < -0.39 is 0 Å². The number of ether oxygens (including phenoxy) is 1. The Hall–Kier alpha value is -3.05. The molecule has 2 N–H and O–H groups in total. The van der Waals surface area contributed by atoms with Crippen molar-refractivity contribution in [1.29, 1.82) is 0 Å². The summed E-state index contributed by atoms with van der Waals surface area (Å²) >= 11 is 5.89. The van der Waals surface area contributed by atoms with Crippen LogP contribution in [0.2, 0.25) is 5.02 Å². The molecule has 2 aromatic carbocycles. The highest BCUT2D eigenvalue weighted by molar-refractivity contribution is 6.30. The molecule has 5 nitrogen and oxygen atoms in total. The molecule has 0 saturated carbocycles. The highest BCUT2D eigenvalue weighted by Crippen LogP contribution is 2.21. The number of rotatable bonds is 8. The van der Waals surface area contributed by atoms with Gasteiger partial charge < -0.3 is 15.4 Å². The van der Waals surface area contributed by atoms with Crippen LogP contribution < -0.4 is 15.4 Å². The fourth-order valence-corrected chi connectivity index (χ4v) is 2.53. The third-order valence-electron chi connectivity index (χ3n) is 3.70. The molecule has 6 heteroatoms. The lowest BCUT2D eigenvalue weighted by atomic mass is 10.2. The standard InChI is InChI=1S/C21H21ClN4O/c1-3-12-23-21-24-15(2)13-20(26-21)25-18-8-10-19(11-9-18)27-14-16-4-6-17(22)7-5-16/h3-11,13H,1,12,14H2,2H3,(H2,23,24,25,26). The van der Waals surface area contributed by atoms with Crippen molar-refractivity contribution in [3.63, 3.8) is 0 Å². The van der Waals surface area contributed by atoms with E-state index in [4.69, 9.17) is 16.3 Å². The normalized spacial score (nSPS) is 10.3. The minimum atomic E-state index is 0.493. The summed E-state index contributed by atoms with van der Waals surface area (Å²) in [6.07, 6.45) is 1.77. The number of hydrogen-bond acceptors (Lipinski definition) is 5. The number of nitrogens with one attached hydrogen (secondary N) is 2. The Balaban J connectivity index is 1.61. The predicted octanol–water partition coefficient (Wildman–Crippen LogP) is 5.36. The van der Waals surface area contributed by atoms with Gasteiger partial charge in [-0.2, -0.15) is 4.98 Å². The van der Waals surface area contributed by atoms with Crippen molar-refractivity contribution in [2.24, 2.45) is 0 Å². The van der Waals surface area contributed by atoms with Crippen molar-refractivity contribution in [2.75, 3.05) is 17.2 Å². The minimum Gasteiger partial charge on any atom is -0.489 e. The summed E-state index contributed by atoms with van der Waals surface area (Å²) in [7, 11) is 0. The number of aryl methyl sites for hydroxylation is 1. The molecule has 0 atom stereocenters. The molecule has 138 valence electrons. The third-order valence-corrected chi connectivity index (χ3v) is 3.96. The molecule has 3 aromatic rings. The molecule has 1 heterocycles. The maximum Gasteiger partial charge on any atom is 0.225 e. The number of anilines is 3. The van der Waals surface area contributed by atoms with Gasteiger partial charge in [0.15, 0.2) is 0 Å². The largest absolute Gasteiger partial charge is 0.489 e. The zero-order chi connectivity index (χ0) is 19.1. The first-order valence-electron chi connectivity index (χ1n) is 8.57. The Morgan fingerprint density at radius 3 is 2.52 bits per heavy atom. The van der Waals surface area contributed by atoms with Gasteiger partial charge in [-0.25, -0.2) is 4.98 Å². The number of benzene rings is 2. The fraction of sp³-hybridized carbons (Fsp3) is 0.143. The monoisotopic (exact) mass is 380 g/mol. The summed E-state index contributed by atoms with van der Waals surface area (Å²) in [6, 6.07) is 17.2. The molecular formula is C21H21ClN4O. The van der Waals surface area contributed by atoms with Crippen molar-refractivity contribution in [2.45, 2.75) is 13.5 Å². The van der Waals surface area contributed by atoms with Gasteiger partial charge in [-0.3, -0.25) is 0 Å². The molecular weight excluding hydrogens is 360 g/mol. The summed E-state index contributed by atoms with van der Waals surface area (Å²) in [5.41, 5.74) is 2.86. The van der Waals surface area contributed by atoms with Gasteiger partial charge >= 0.3 is 0 Å². The highest BCUT2D eigenvalue weighted by atomic mass is 35.5. The van der Waals surface area contributed by atoms with Crippen molar-refractivity contribution >= 4 is 29.1 Å². The number of hydrogen-bond donors (Lipinski definition) is 2. The van der Waals surface area contributed by atoms with E-state index in [-0.39, 0.29) is 0 Å². The van der Waals surface area contributed by atoms with Gasteiger partial charge in [0.2, 0.25) is 5.95 Å². The van der Waals surface area contributed by atoms with Crippen molar-refractivity contribution in [1.82, 2.24) is 9.97 Å². The molecule has 0 saturated heterocycles. The Labute approximate surface area is 164 Å². The van der Waals surface area contributed by atoms with Crippen LogP contribution in [0.25, 0.3) is 0 Å². The van der Waals surface area contributed by atoms with E-state index >= 15 is 0 Å². The lowest BCUT2D eigenvalue weighted by Crippen LogP contribution is -2.05. The Kier molecular flexibility index (Phi) is 6.28. The molecule has 0 radical (unpaired) electrons. The van der Waals surface area contributed by atoms with Crippen molar-refractivity contribution < 1.29 is 4.74 Å². The van der Waals surface area contributed by atoms with E-state index in [0.29, 0.717) is 19.1 Å². The molecule has 0 bridgehead atoms. The summed E-state index contributed by atoms with van der Waals surface area (Å²) < 4.78 is 5.80. The minimum absolute atomic E-state index is 0.493. The number of halogens is 1. The van der Waals surface area contributed by atoms with E-state index in [9.17, 15) is 0 Å². The second-order valence-electron chi connectivity index (χ2n) is 5.95. The van der Waals surface area contributed by atoms with Crippen LogP contribution in [0.5, 0.6) is 5.75 Å². The Morgan fingerprint density at radius 1 is 1.07 bits per heavy atom. The second kappa shape index (κ2) is 9.05. The Morgan fingerprint density at radius 2 is 1.81 bits per heavy atom. The van der Waals surface area contributed by atoms with Crippen LogP contribution in [0, 0.1) is 6.92 Å². The van der Waals surface area contributed by atoms with E-state index in [1.54, 1.807) is 6.08 Å². The van der Waals surface area contributed by atoms with Crippen LogP contribution in [0.4, 0.5) is 17.5 Å². The number of nitrogens with zero attached hydrogens (tertiary/aromatic N) is 2. The average molecular weight is 381 g/mol. The van der Waals surface area contributed by atoms with Crippen molar-refractivity contribution in [3.05, 3.63) is 83.5 Å². The molecule has 1 aromatic heterocycles. The zero-order valence-corrected chi connectivity index (χ0v) is 15.8. The van der Waals surface area contributed by atoms with E-state index in [2.05, 4.69) is 27.2 Å². The lowest BCUT2D eigenvalue weighted by molar-refractivity contribution is 0.306. The van der Waals surface area contributed by atoms with E-state index in [1.165, 1.54) is 0 Å². The third kappa shape index (κ3) is 5.72. The van der Waals surface area contributed by atoms with Crippen LogP contribution >= 0.6 is 11.6 Å². The topological polar surface area (TPSA) is 59.1 Å². The van der Waals surface area contributed by atoms with Crippen LogP contribution in [0.15, 0.2) is 67.3 Å². The van der Waals surface area contributed by atoms with Crippen LogP contribution in [-0.4, -0.2) is 16.5 Å². The van der Waals surface area contributed by atoms with Crippen LogP contribution in [-0.2, 0) is 6.61 Å². The second-order valence-corrected chi connectivity index (χ2v) is 6.39. The molecule has 0 unspecified atom stereocenters.